The van der Waals surface area contributed by atoms with Crippen LogP contribution >= 0.6 is 11.3 Å². The van der Waals surface area contributed by atoms with Crippen molar-refractivity contribution in [3.05, 3.63) is 89.7 Å². The number of nitrogens with zero attached hydrogens (tertiary/aromatic N) is 5. The molecule has 0 saturated carbocycles. The number of fused-ring (bicyclic) bond motifs is 4. The maximum absolute atomic E-state index is 13.6. The summed E-state index contributed by atoms with van der Waals surface area (Å²) >= 11 is 1.56. The van der Waals surface area contributed by atoms with E-state index in [2.05, 4.69) is 25.1 Å². The van der Waals surface area contributed by atoms with E-state index in [0.29, 0.717) is 24.3 Å². The normalized spacial score (nSPS) is 14.8. The number of carbonyl (C=O) groups is 2. The Bertz CT molecular complexity index is 2100. The van der Waals surface area contributed by atoms with Crippen LogP contribution in [0.15, 0.2) is 83.0 Å². The number of aromatic nitrogens is 3. The van der Waals surface area contributed by atoms with Crippen LogP contribution in [-0.4, -0.2) is 51.6 Å². The average molecular weight is 602 g/mol. The molecular weight excluding hydrogens is 574 g/mol. The SMILES string of the molecule is O=C(O)c1cc2c3c(ccc2[nH]1)N(C(=O)c1cc2cc(/N=N/c4sc(N5CCCC5)nc4-c4ccccc4)ccc2[nH]1)CC3. The molecule has 0 atom stereocenters. The van der Waals surface area contributed by atoms with E-state index in [1.165, 1.54) is 12.8 Å². The lowest BCUT2D eigenvalue weighted by atomic mass is 10.1. The summed E-state index contributed by atoms with van der Waals surface area (Å²) in [5, 5.41) is 22.1. The number of benzene rings is 3. The molecule has 3 aromatic heterocycles. The molecule has 0 radical (unpaired) electrons. The molecule has 3 N–H and O–H groups in total. The smallest absolute Gasteiger partial charge is 0.352 e. The monoisotopic (exact) mass is 601 g/mol. The second-order valence-corrected chi connectivity index (χ2v) is 12.0. The van der Waals surface area contributed by atoms with Crippen molar-refractivity contribution in [3.8, 4) is 11.3 Å². The summed E-state index contributed by atoms with van der Waals surface area (Å²) in [7, 11) is 0. The van der Waals surface area contributed by atoms with E-state index in [1.54, 1.807) is 22.3 Å². The molecule has 1 saturated heterocycles. The number of carboxylic acid groups (broad SMARTS) is 1. The van der Waals surface area contributed by atoms with E-state index < -0.39 is 5.97 Å². The van der Waals surface area contributed by atoms with Crippen LogP contribution in [0.5, 0.6) is 0 Å². The fourth-order valence-electron chi connectivity index (χ4n) is 6.18. The maximum atomic E-state index is 13.6. The third-order valence-corrected chi connectivity index (χ3v) is 9.36. The minimum Gasteiger partial charge on any atom is -0.477 e. The Balaban J connectivity index is 1.07. The van der Waals surface area contributed by atoms with Gasteiger partial charge in [-0.3, -0.25) is 4.79 Å². The van der Waals surface area contributed by atoms with Crippen molar-refractivity contribution in [2.75, 3.05) is 29.4 Å². The molecule has 2 aliphatic heterocycles. The number of nitrogens with one attached hydrogen (secondary N) is 2. The van der Waals surface area contributed by atoms with Gasteiger partial charge in [-0.05, 0) is 67.3 Å². The number of carbonyl (C=O) groups excluding carboxylic acids is 1. The van der Waals surface area contributed by atoms with Crippen LogP contribution in [0.3, 0.4) is 0 Å². The molecule has 0 unspecified atom stereocenters. The zero-order valence-corrected chi connectivity index (χ0v) is 24.4. The summed E-state index contributed by atoms with van der Waals surface area (Å²) in [6.07, 6.45) is 3.00. The topological polar surface area (TPSA) is 130 Å². The zero-order chi connectivity index (χ0) is 29.8. The van der Waals surface area contributed by atoms with Crippen LogP contribution in [0.1, 0.15) is 39.4 Å². The molecule has 2 aliphatic rings. The molecule has 1 amide bonds. The second kappa shape index (κ2) is 10.5. The fraction of sp³-hybridized carbons (Fsp3) is 0.182. The van der Waals surface area contributed by atoms with E-state index >= 15 is 0 Å². The first kappa shape index (κ1) is 26.3. The number of rotatable bonds is 6. The molecule has 218 valence electrons. The highest BCUT2D eigenvalue weighted by Crippen LogP contribution is 2.41. The number of hydrogen-bond donors (Lipinski definition) is 3. The first-order chi connectivity index (χ1) is 21.5. The van der Waals surface area contributed by atoms with Gasteiger partial charge in [-0.1, -0.05) is 41.7 Å². The quantitative estimate of drug-likeness (QED) is 0.169. The summed E-state index contributed by atoms with van der Waals surface area (Å²) in [5.74, 6) is -1.14. The lowest BCUT2D eigenvalue weighted by Gasteiger charge is -2.16. The lowest BCUT2D eigenvalue weighted by molar-refractivity contribution is 0.0691. The molecule has 8 rings (SSSR count). The van der Waals surface area contributed by atoms with Crippen molar-refractivity contribution in [2.24, 2.45) is 10.2 Å². The summed E-state index contributed by atoms with van der Waals surface area (Å²) < 4.78 is 0. The molecule has 6 aromatic rings. The summed E-state index contributed by atoms with van der Waals surface area (Å²) in [6, 6.07) is 23.0. The minimum absolute atomic E-state index is 0.136. The van der Waals surface area contributed by atoms with Gasteiger partial charge in [0.2, 0.25) is 0 Å². The maximum Gasteiger partial charge on any atom is 0.352 e. The second-order valence-electron chi connectivity index (χ2n) is 11.1. The molecule has 0 spiro atoms. The van der Waals surface area contributed by atoms with E-state index in [-0.39, 0.29) is 11.6 Å². The van der Waals surface area contributed by atoms with Gasteiger partial charge in [-0.15, -0.1) is 10.2 Å². The number of aromatic amines is 2. The standard InChI is InChI=1S/C33H27N7O3S/c41-31(40-15-12-22-23-18-27(32(42)43)35-25(23)10-11-28(22)40)26-17-20-16-21(8-9-24(20)34-26)37-38-30-29(19-6-2-1-3-7-19)36-33(44-30)39-13-4-5-14-39/h1-3,6-11,16-18,34-35H,4-5,12-15H2,(H,42,43)/b38-37+. The van der Waals surface area contributed by atoms with Gasteiger partial charge in [0.15, 0.2) is 10.1 Å². The molecule has 10 nitrogen and oxygen atoms in total. The van der Waals surface area contributed by atoms with Crippen LogP contribution < -0.4 is 9.80 Å². The van der Waals surface area contributed by atoms with Gasteiger partial charge in [-0.2, -0.15) is 0 Å². The van der Waals surface area contributed by atoms with Crippen LogP contribution in [0.4, 0.5) is 21.5 Å². The van der Waals surface area contributed by atoms with Gasteiger partial charge in [0.05, 0.1) is 5.69 Å². The summed E-state index contributed by atoms with van der Waals surface area (Å²) in [6.45, 7) is 2.54. The number of carboxylic acids is 1. The minimum atomic E-state index is -1.01. The number of hydrogen-bond acceptors (Lipinski definition) is 7. The first-order valence-electron chi connectivity index (χ1n) is 14.6. The van der Waals surface area contributed by atoms with Gasteiger partial charge >= 0.3 is 5.97 Å². The highest BCUT2D eigenvalue weighted by atomic mass is 32.1. The number of H-pyrrole nitrogens is 2. The third kappa shape index (κ3) is 4.53. The van der Waals surface area contributed by atoms with Crippen molar-refractivity contribution in [2.45, 2.75) is 19.3 Å². The van der Waals surface area contributed by atoms with Gasteiger partial charge in [0.25, 0.3) is 5.91 Å². The van der Waals surface area contributed by atoms with Crippen LogP contribution in [0.2, 0.25) is 0 Å². The van der Waals surface area contributed by atoms with E-state index in [4.69, 9.17) is 4.98 Å². The van der Waals surface area contributed by atoms with Crippen molar-refractivity contribution < 1.29 is 14.7 Å². The van der Waals surface area contributed by atoms with Crippen LogP contribution in [0.25, 0.3) is 33.1 Å². The molecule has 11 heteroatoms. The summed E-state index contributed by atoms with van der Waals surface area (Å²) in [5.41, 5.74) is 6.51. The lowest BCUT2D eigenvalue weighted by Crippen LogP contribution is -2.29. The van der Waals surface area contributed by atoms with Crippen molar-refractivity contribution in [3.63, 3.8) is 0 Å². The van der Waals surface area contributed by atoms with Crippen LogP contribution in [-0.2, 0) is 6.42 Å². The van der Waals surface area contributed by atoms with Crippen LogP contribution in [0, 0.1) is 0 Å². The predicted molar refractivity (Wildman–Crippen MR) is 172 cm³/mol. The molecule has 5 heterocycles. The number of amides is 1. The van der Waals surface area contributed by atoms with Gasteiger partial charge in [0, 0.05) is 52.7 Å². The fourth-order valence-corrected chi connectivity index (χ4v) is 7.14. The Morgan fingerprint density at radius 2 is 1.66 bits per heavy atom. The zero-order valence-electron chi connectivity index (χ0n) is 23.6. The van der Waals surface area contributed by atoms with Crippen molar-refractivity contribution >= 4 is 66.5 Å². The number of thiazole rings is 1. The molecule has 3 aromatic carbocycles. The number of azo groups is 1. The third-order valence-electron chi connectivity index (χ3n) is 8.35. The van der Waals surface area contributed by atoms with Gasteiger partial charge in [-0.25, -0.2) is 9.78 Å². The largest absolute Gasteiger partial charge is 0.477 e. The Labute approximate surface area is 255 Å². The van der Waals surface area contributed by atoms with Crippen molar-refractivity contribution in [1.29, 1.82) is 0 Å². The molecular formula is C33H27N7O3S. The Hall–Kier alpha value is -5.29. The Morgan fingerprint density at radius 1 is 0.864 bits per heavy atom. The van der Waals surface area contributed by atoms with Crippen molar-refractivity contribution in [1.82, 2.24) is 15.0 Å². The molecule has 44 heavy (non-hydrogen) atoms. The van der Waals surface area contributed by atoms with E-state index in [1.807, 2.05) is 66.7 Å². The summed E-state index contributed by atoms with van der Waals surface area (Å²) in [4.78, 5) is 40.3. The molecule has 0 bridgehead atoms. The van der Waals surface area contributed by atoms with E-state index in [9.17, 15) is 14.7 Å². The van der Waals surface area contributed by atoms with Gasteiger partial charge in [0.1, 0.15) is 17.1 Å². The number of anilines is 2. The highest BCUT2D eigenvalue weighted by molar-refractivity contribution is 7.19. The highest BCUT2D eigenvalue weighted by Gasteiger charge is 2.29. The Morgan fingerprint density at radius 3 is 2.48 bits per heavy atom. The first-order valence-corrected chi connectivity index (χ1v) is 15.4. The van der Waals surface area contributed by atoms with Gasteiger partial charge < -0.3 is 24.9 Å². The number of aromatic carboxylic acids is 1. The molecule has 0 aliphatic carbocycles. The predicted octanol–water partition coefficient (Wildman–Crippen LogP) is 7.69. The molecule has 1 fully saturated rings. The van der Waals surface area contributed by atoms with E-state index in [0.717, 1.165) is 67.5 Å². The average Bonchev–Trinajstić information content (AvgIpc) is 3.87. The Kier molecular flexibility index (Phi) is 6.26.